The number of rotatable bonds is 3. The van der Waals surface area contributed by atoms with Gasteiger partial charge in [0.1, 0.15) is 0 Å². The second-order valence-corrected chi connectivity index (χ2v) is 3.23. The first kappa shape index (κ1) is 8.02. The van der Waals surface area contributed by atoms with Gasteiger partial charge in [0, 0.05) is 6.61 Å². The predicted molar refractivity (Wildman–Crippen MR) is 42.1 cm³/mol. The lowest BCUT2D eigenvalue weighted by molar-refractivity contribution is 0.0974. The van der Waals surface area contributed by atoms with E-state index in [1.54, 1.807) is 0 Å². The lowest BCUT2D eigenvalue weighted by Gasteiger charge is -2.13. The second kappa shape index (κ2) is 3.94. The van der Waals surface area contributed by atoms with Crippen LogP contribution in [0.1, 0.15) is 19.3 Å². The average Bonchev–Trinajstić information content (AvgIpc) is 2.34. The van der Waals surface area contributed by atoms with E-state index in [2.05, 4.69) is 19.0 Å². The van der Waals surface area contributed by atoms with Crippen molar-refractivity contribution in [1.82, 2.24) is 4.90 Å². The van der Waals surface area contributed by atoms with E-state index in [4.69, 9.17) is 4.74 Å². The predicted octanol–water partition coefficient (Wildman–Crippen LogP) is 1.12. The highest BCUT2D eigenvalue weighted by Gasteiger charge is 2.14. The summed E-state index contributed by atoms with van der Waals surface area (Å²) in [6.07, 6.45) is 4.29. The van der Waals surface area contributed by atoms with Crippen molar-refractivity contribution in [2.45, 2.75) is 25.4 Å². The smallest absolute Gasteiger partial charge is 0.0588 e. The minimum atomic E-state index is 0.558. The maximum atomic E-state index is 5.48. The van der Waals surface area contributed by atoms with Crippen molar-refractivity contribution in [3.63, 3.8) is 0 Å². The topological polar surface area (TPSA) is 12.5 Å². The number of hydrogen-bond acceptors (Lipinski definition) is 2. The van der Waals surface area contributed by atoms with Gasteiger partial charge in [-0.05, 0) is 39.9 Å². The van der Waals surface area contributed by atoms with Crippen molar-refractivity contribution in [3.05, 3.63) is 0 Å². The lowest BCUT2D eigenvalue weighted by Crippen LogP contribution is -2.18. The molecule has 1 aliphatic heterocycles. The molecule has 0 spiro atoms. The van der Waals surface area contributed by atoms with Crippen LogP contribution in [0.2, 0.25) is 0 Å². The molecule has 1 unspecified atom stereocenters. The van der Waals surface area contributed by atoms with Gasteiger partial charge < -0.3 is 9.64 Å². The fourth-order valence-corrected chi connectivity index (χ4v) is 1.27. The zero-order valence-corrected chi connectivity index (χ0v) is 6.97. The van der Waals surface area contributed by atoms with E-state index in [0.717, 1.165) is 13.2 Å². The highest BCUT2D eigenvalue weighted by molar-refractivity contribution is 4.65. The van der Waals surface area contributed by atoms with Crippen molar-refractivity contribution in [2.75, 3.05) is 27.2 Å². The molecule has 2 nitrogen and oxygen atoms in total. The van der Waals surface area contributed by atoms with E-state index in [0.29, 0.717) is 6.10 Å². The molecule has 0 aromatic carbocycles. The highest BCUT2D eigenvalue weighted by Crippen LogP contribution is 2.14. The third kappa shape index (κ3) is 2.67. The number of hydrogen-bond donors (Lipinski definition) is 0. The Hall–Kier alpha value is -0.0800. The summed E-state index contributed by atoms with van der Waals surface area (Å²) in [5.74, 6) is 0. The van der Waals surface area contributed by atoms with E-state index in [-0.39, 0.29) is 0 Å². The molecule has 1 heterocycles. The van der Waals surface area contributed by atoms with Crippen molar-refractivity contribution in [2.24, 2.45) is 0 Å². The van der Waals surface area contributed by atoms with Crippen LogP contribution in [-0.4, -0.2) is 38.3 Å². The van der Waals surface area contributed by atoms with E-state index in [1.165, 1.54) is 19.3 Å². The maximum Gasteiger partial charge on any atom is 0.0588 e. The van der Waals surface area contributed by atoms with Crippen molar-refractivity contribution >= 4 is 0 Å². The van der Waals surface area contributed by atoms with E-state index < -0.39 is 0 Å². The molecule has 1 atom stereocenters. The summed E-state index contributed by atoms with van der Waals surface area (Å²) >= 11 is 0. The normalized spacial score (nSPS) is 26.1. The van der Waals surface area contributed by atoms with Gasteiger partial charge >= 0.3 is 0 Å². The highest BCUT2D eigenvalue weighted by atomic mass is 16.5. The Morgan fingerprint density at radius 1 is 1.50 bits per heavy atom. The first-order valence-electron chi connectivity index (χ1n) is 4.05. The van der Waals surface area contributed by atoms with Gasteiger partial charge in [-0.1, -0.05) is 0 Å². The summed E-state index contributed by atoms with van der Waals surface area (Å²) in [4.78, 5) is 2.21. The summed E-state index contributed by atoms with van der Waals surface area (Å²) in [6, 6.07) is 0. The van der Waals surface area contributed by atoms with Crippen LogP contribution in [0, 0.1) is 0 Å². The fourth-order valence-electron chi connectivity index (χ4n) is 1.27. The Labute approximate surface area is 63.2 Å². The summed E-state index contributed by atoms with van der Waals surface area (Å²) in [6.45, 7) is 2.14. The molecule has 0 radical (unpaired) electrons. The molecule has 0 bridgehead atoms. The van der Waals surface area contributed by atoms with E-state index >= 15 is 0 Å². The van der Waals surface area contributed by atoms with Gasteiger partial charge in [-0.25, -0.2) is 0 Å². The van der Waals surface area contributed by atoms with Crippen LogP contribution >= 0.6 is 0 Å². The molecule has 1 rings (SSSR count). The Kier molecular flexibility index (Phi) is 3.16. The lowest BCUT2D eigenvalue weighted by atomic mass is 10.2. The number of nitrogens with zero attached hydrogens (tertiary/aromatic N) is 1. The molecule has 0 saturated carbocycles. The van der Waals surface area contributed by atoms with Gasteiger partial charge in [-0.3, -0.25) is 0 Å². The van der Waals surface area contributed by atoms with Crippen molar-refractivity contribution in [1.29, 1.82) is 0 Å². The van der Waals surface area contributed by atoms with Gasteiger partial charge in [0.2, 0.25) is 0 Å². The van der Waals surface area contributed by atoms with Gasteiger partial charge in [-0.15, -0.1) is 0 Å². The molecular formula is C8H17NO. The second-order valence-electron chi connectivity index (χ2n) is 3.23. The summed E-state index contributed by atoms with van der Waals surface area (Å²) < 4.78 is 5.48. The van der Waals surface area contributed by atoms with Crippen LogP contribution in [0.3, 0.4) is 0 Å². The van der Waals surface area contributed by atoms with Crippen LogP contribution in [0.25, 0.3) is 0 Å². The van der Waals surface area contributed by atoms with Gasteiger partial charge in [0.15, 0.2) is 0 Å². The number of ether oxygens (including phenoxy) is 1. The molecule has 0 aliphatic carbocycles. The van der Waals surface area contributed by atoms with Crippen molar-refractivity contribution in [3.8, 4) is 0 Å². The monoisotopic (exact) mass is 143 g/mol. The molecule has 0 aromatic heterocycles. The molecular weight excluding hydrogens is 126 g/mol. The van der Waals surface area contributed by atoms with E-state index in [9.17, 15) is 0 Å². The molecule has 0 aromatic rings. The maximum absolute atomic E-state index is 5.48. The van der Waals surface area contributed by atoms with Crippen molar-refractivity contribution < 1.29 is 4.74 Å². The third-order valence-corrected chi connectivity index (χ3v) is 1.92. The standard InChI is InChI=1S/C8H17NO/c1-9(2)6-5-8-4-3-7-10-8/h8H,3-7H2,1-2H3. The molecule has 0 N–H and O–H groups in total. The summed E-state index contributed by atoms with van der Waals surface area (Å²) in [5.41, 5.74) is 0. The zero-order valence-electron chi connectivity index (χ0n) is 6.97. The van der Waals surface area contributed by atoms with E-state index in [1.807, 2.05) is 0 Å². The average molecular weight is 143 g/mol. The molecule has 1 fully saturated rings. The molecule has 1 saturated heterocycles. The van der Waals surface area contributed by atoms with Crippen LogP contribution in [0.15, 0.2) is 0 Å². The summed E-state index contributed by atoms with van der Waals surface area (Å²) in [7, 11) is 4.21. The van der Waals surface area contributed by atoms with Crippen LogP contribution in [0.5, 0.6) is 0 Å². The fraction of sp³-hybridized carbons (Fsp3) is 1.00. The van der Waals surface area contributed by atoms with Gasteiger partial charge in [0.05, 0.1) is 6.10 Å². The minimum Gasteiger partial charge on any atom is -0.378 e. The quantitative estimate of drug-likeness (QED) is 0.587. The van der Waals surface area contributed by atoms with Crippen LogP contribution in [-0.2, 0) is 4.74 Å². The zero-order chi connectivity index (χ0) is 7.40. The molecule has 2 heteroatoms. The molecule has 0 amide bonds. The third-order valence-electron chi connectivity index (χ3n) is 1.92. The molecule has 60 valence electrons. The summed E-state index contributed by atoms with van der Waals surface area (Å²) in [5, 5.41) is 0. The Balaban J connectivity index is 2.01. The first-order chi connectivity index (χ1) is 4.79. The SMILES string of the molecule is CN(C)CCC1CCCO1. The minimum absolute atomic E-state index is 0.558. The van der Waals surface area contributed by atoms with Crippen LogP contribution in [0.4, 0.5) is 0 Å². The van der Waals surface area contributed by atoms with Crippen LogP contribution < -0.4 is 0 Å². The molecule has 1 aliphatic rings. The Bertz CT molecular complexity index is 87.3. The first-order valence-corrected chi connectivity index (χ1v) is 4.05. The largest absolute Gasteiger partial charge is 0.378 e. The molecule has 10 heavy (non-hydrogen) atoms. The van der Waals surface area contributed by atoms with Gasteiger partial charge in [-0.2, -0.15) is 0 Å². The Morgan fingerprint density at radius 3 is 2.80 bits per heavy atom. The Morgan fingerprint density at radius 2 is 2.30 bits per heavy atom. The van der Waals surface area contributed by atoms with Gasteiger partial charge in [0.25, 0.3) is 0 Å².